The van der Waals surface area contributed by atoms with Crippen LogP contribution in [0.25, 0.3) is 0 Å². The van der Waals surface area contributed by atoms with Crippen molar-refractivity contribution in [3.63, 3.8) is 0 Å². The summed E-state index contributed by atoms with van der Waals surface area (Å²) in [4.78, 5) is 0. The van der Waals surface area contributed by atoms with Gasteiger partial charge in [0.2, 0.25) is 0 Å². The molecule has 0 amide bonds. The zero-order valence-corrected chi connectivity index (χ0v) is 13.5. The predicted octanol–water partition coefficient (Wildman–Crippen LogP) is 5.61. The first-order valence-electron chi connectivity index (χ1n) is 7.79. The number of benzene rings is 1. The molecule has 1 atom stereocenters. The van der Waals surface area contributed by atoms with E-state index in [4.69, 9.17) is 4.74 Å². The van der Waals surface area contributed by atoms with E-state index in [1.807, 2.05) is 0 Å². The Morgan fingerprint density at radius 3 is 2.48 bits per heavy atom. The third-order valence-electron chi connectivity index (χ3n) is 3.45. The Labute approximate surface area is 130 Å². The lowest BCUT2D eigenvalue weighted by Gasteiger charge is -2.16. The van der Waals surface area contributed by atoms with Crippen molar-refractivity contribution >= 4 is 0 Å². The van der Waals surface area contributed by atoms with Crippen molar-refractivity contribution in [2.24, 2.45) is 0 Å². The number of ether oxygens (including phenoxy) is 1. The zero-order valence-electron chi connectivity index (χ0n) is 13.5. The van der Waals surface area contributed by atoms with Gasteiger partial charge >= 0.3 is 0 Å². The van der Waals surface area contributed by atoms with Gasteiger partial charge in [-0.15, -0.1) is 0 Å². The molecule has 0 N–H and O–H groups in total. The fraction of sp³-hybridized carbons (Fsp3) is 0.400. The topological polar surface area (TPSA) is 9.23 Å². The number of rotatable bonds is 9. The number of hydrogen-bond donors (Lipinski definition) is 0. The molecule has 1 aromatic carbocycles. The normalized spacial score (nSPS) is 13.8. The quantitative estimate of drug-likeness (QED) is 0.535. The SMILES string of the molecule is [CH2]CC=CC(CC(=CC[CH2])CC)OCc1ccc(C)cc1. The zero-order chi connectivity index (χ0) is 15.5. The van der Waals surface area contributed by atoms with Gasteiger partial charge < -0.3 is 4.74 Å². The monoisotopic (exact) mass is 284 g/mol. The maximum absolute atomic E-state index is 6.07. The van der Waals surface area contributed by atoms with Gasteiger partial charge in [-0.2, -0.15) is 0 Å². The van der Waals surface area contributed by atoms with Crippen LogP contribution in [0.4, 0.5) is 0 Å². The van der Waals surface area contributed by atoms with Crippen LogP contribution in [-0.4, -0.2) is 6.10 Å². The van der Waals surface area contributed by atoms with Crippen LogP contribution < -0.4 is 0 Å². The van der Waals surface area contributed by atoms with Crippen LogP contribution in [-0.2, 0) is 11.3 Å². The van der Waals surface area contributed by atoms with E-state index in [2.05, 4.69) is 70.2 Å². The average Bonchev–Trinajstić information content (AvgIpc) is 2.50. The van der Waals surface area contributed by atoms with E-state index in [1.165, 1.54) is 16.7 Å². The third-order valence-corrected chi connectivity index (χ3v) is 3.45. The minimum atomic E-state index is 0.116. The molecule has 1 nitrogen and oxygen atoms in total. The van der Waals surface area contributed by atoms with Gasteiger partial charge in [0.1, 0.15) is 0 Å². The summed E-state index contributed by atoms with van der Waals surface area (Å²) in [6.07, 6.45) is 10.2. The summed E-state index contributed by atoms with van der Waals surface area (Å²) < 4.78 is 6.07. The van der Waals surface area contributed by atoms with Gasteiger partial charge in [-0.1, -0.05) is 60.6 Å². The van der Waals surface area contributed by atoms with E-state index in [1.54, 1.807) is 0 Å². The van der Waals surface area contributed by atoms with Gasteiger partial charge in [0.15, 0.2) is 0 Å². The van der Waals surface area contributed by atoms with Crippen molar-refractivity contribution in [2.75, 3.05) is 0 Å². The molecule has 0 saturated carbocycles. The molecule has 114 valence electrons. The molecule has 0 spiro atoms. The molecule has 1 heteroatoms. The maximum atomic E-state index is 6.07. The van der Waals surface area contributed by atoms with Crippen molar-refractivity contribution in [3.8, 4) is 0 Å². The van der Waals surface area contributed by atoms with E-state index < -0.39 is 0 Å². The van der Waals surface area contributed by atoms with E-state index in [9.17, 15) is 0 Å². The van der Waals surface area contributed by atoms with Gasteiger partial charge in [0.05, 0.1) is 12.7 Å². The Balaban J connectivity index is 2.62. The van der Waals surface area contributed by atoms with E-state index in [0.717, 1.165) is 25.7 Å². The van der Waals surface area contributed by atoms with Gasteiger partial charge in [0.25, 0.3) is 0 Å². The van der Waals surface area contributed by atoms with Gasteiger partial charge in [0, 0.05) is 0 Å². The molecule has 0 heterocycles. The maximum Gasteiger partial charge on any atom is 0.0797 e. The fourth-order valence-corrected chi connectivity index (χ4v) is 2.15. The lowest BCUT2D eigenvalue weighted by Crippen LogP contribution is -2.11. The highest BCUT2D eigenvalue weighted by Crippen LogP contribution is 2.16. The van der Waals surface area contributed by atoms with Gasteiger partial charge in [-0.05, 0) is 52.0 Å². The minimum absolute atomic E-state index is 0.116. The van der Waals surface area contributed by atoms with Gasteiger partial charge in [-0.3, -0.25) is 0 Å². The Hall–Kier alpha value is -1.34. The number of hydrogen-bond acceptors (Lipinski definition) is 1. The molecule has 0 fully saturated rings. The van der Waals surface area contributed by atoms with Crippen LogP contribution in [0.3, 0.4) is 0 Å². The van der Waals surface area contributed by atoms with Crippen molar-refractivity contribution in [2.45, 2.75) is 52.2 Å². The smallest absolute Gasteiger partial charge is 0.0797 e. The summed E-state index contributed by atoms with van der Waals surface area (Å²) >= 11 is 0. The Morgan fingerprint density at radius 1 is 1.19 bits per heavy atom. The summed E-state index contributed by atoms with van der Waals surface area (Å²) in [5.74, 6) is 0. The highest BCUT2D eigenvalue weighted by atomic mass is 16.5. The van der Waals surface area contributed by atoms with Gasteiger partial charge in [-0.25, -0.2) is 0 Å². The first-order chi connectivity index (χ1) is 10.2. The van der Waals surface area contributed by atoms with E-state index in [-0.39, 0.29) is 6.10 Å². The molecule has 0 aliphatic rings. The van der Waals surface area contributed by atoms with Crippen molar-refractivity contribution < 1.29 is 4.74 Å². The molecule has 0 aliphatic carbocycles. The van der Waals surface area contributed by atoms with E-state index in [0.29, 0.717) is 6.61 Å². The third kappa shape index (κ3) is 7.29. The molecule has 0 aliphatic heterocycles. The molecule has 1 aromatic rings. The lowest BCUT2D eigenvalue weighted by atomic mass is 10.0. The number of allylic oxidation sites excluding steroid dienone is 2. The highest BCUT2D eigenvalue weighted by Gasteiger charge is 2.08. The summed E-state index contributed by atoms with van der Waals surface area (Å²) in [5.41, 5.74) is 3.90. The molecule has 0 saturated heterocycles. The molecule has 0 aromatic heterocycles. The van der Waals surface area contributed by atoms with Crippen LogP contribution in [0.1, 0.15) is 43.7 Å². The summed E-state index contributed by atoms with van der Waals surface area (Å²) in [6, 6.07) is 8.51. The van der Waals surface area contributed by atoms with Crippen LogP contribution in [0.15, 0.2) is 48.1 Å². The largest absolute Gasteiger partial charge is 0.369 e. The molecule has 2 radical (unpaired) electrons. The fourth-order valence-electron chi connectivity index (χ4n) is 2.15. The standard InChI is InChI=1S/C20H28O/c1-5-8-10-20(15-18(7-3)9-6-2)21-16-19-13-11-17(4)12-14-19/h8-14,20H,1-2,5-7,15-16H2,3-4H3. The van der Waals surface area contributed by atoms with Crippen LogP contribution in [0, 0.1) is 20.8 Å². The van der Waals surface area contributed by atoms with Crippen molar-refractivity contribution in [3.05, 3.63) is 73.0 Å². The molecular weight excluding hydrogens is 256 g/mol. The molecule has 21 heavy (non-hydrogen) atoms. The first-order valence-corrected chi connectivity index (χ1v) is 7.79. The number of aryl methyl sites for hydroxylation is 1. The Kier molecular flexibility index (Phi) is 8.77. The second-order valence-electron chi connectivity index (χ2n) is 5.26. The molecule has 1 unspecified atom stereocenters. The lowest BCUT2D eigenvalue weighted by molar-refractivity contribution is 0.0717. The summed E-state index contributed by atoms with van der Waals surface area (Å²) in [7, 11) is 0. The van der Waals surface area contributed by atoms with Crippen LogP contribution >= 0.6 is 0 Å². The first kappa shape index (κ1) is 17.7. The Morgan fingerprint density at radius 2 is 1.90 bits per heavy atom. The second kappa shape index (κ2) is 10.4. The Bertz CT molecular complexity index is 439. The summed E-state index contributed by atoms with van der Waals surface area (Å²) in [5, 5.41) is 0. The minimum Gasteiger partial charge on any atom is -0.369 e. The van der Waals surface area contributed by atoms with Crippen molar-refractivity contribution in [1.82, 2.24) is 0 Å². The highest BCUT2D eigenvalue weighted by molar-refractivity contribution is 5.20. The van der Waals surface area contributed by atoms with Crippen LogP contribution in [0.2, 0.25) is 0 Å². The summed E-state index contributed by atoms with van der Waals surface area (Å²) in [6.45, 7) is 12.7. The molecular formula is C20H28O. The second-order valence-corrected chi connectivity index (χ2v) is 5.26. The van der Waals surface area contributed by atoms with E-state index >= 15 is 0 Å². The average molecular weight is 284 g/mol. The predicted molar refractivity (Wildman–Crippen MR) is 91.8 cm³/mol. The van der Waals surface area contributed by atoms with Crippen molar-refractivity contribution in [1.29, 1.82) is 0 Å². The molecule has 0 bridgehead atoms. The van der Waals surface area contributed by atoms with Crippen LogP contribution in [0.5, 0.6) is 0 Å². The molecule has 1 rings (SSSR count).